The fourth-order valence-corrected chi connectivity index (χ4v) is 2.69. The zero-order chi connectivity index (χ0) is 17.1. The molecule has 3 rings (SSSR count). The van der Waals surface area contributed by atoms with E-state index < -0.39 is 12.0 Å². The van der Waals surface area contributed by atoms with Crippen LogP contribution in [0.1, 0.15) is 26.2 Å². The normalized spacial score (nSPS) is 18.3. The summed E-state index contributed by atoms with van der Waals surface area (Å²) in [5.41, 5.74) is 1.46. The van der Waals surface area contributed by atoms with Crippen LogP contribution in [0.3, 0.4) is 0 Å². The Morgan fingerprint density at radius 2 is 2.04 bits per heavy atom. The van der Waals surface area contributed by atoms with E-state index in [0.29, 0.717) is 23.1 Å². The molecule has 126 valence electrons. The van der Waals surface area contributed by atoms with Crippen LogP contribution in [0.15, 0.2) is 35.1 Å². The van der Waals surface area contributed by atoms with E-state index in [2.05, 4.69) is 15.3 Å². The van der Waals surface area contributed by atoms with Crippen LogP contribution in [-0.4, -0.2) is 27.9 Å². The van der Waals surface area contributed by atoms with Gasteiger partial charge in [0.05, 0.1) is 17.0 Å². The lowest BCUT2D eigenvalue weighted by atomic mass is 9.95. The lowest BCUT2D eigenvalue weighted by Gasteiger charge is -2.19. The van der Waals surface area contributed by atoms with E-state index in [4.69, 9.17) is 4.74 Å². The molecule has 0 bridgehead atoms. The number of benzene rings is 1. The molecule has 1 heterocycles. The van der Waals surface area contributed by atoms with E-state index in [0.717, 1.165) is 12.8 Å². The molecule has 0 spiro atoms. The number of imidazole rings is 1. The highest BCUT2D eigenvalue weighted by molar-refractivity contribution is 5.96. The fraction of sp³-hybridized carbons (Fsp3) is 0.353. The molecule has 7 nitrogen and oxygen atoms in total. The number of carbonyl (C=O) groups excluding carboxylic acids is 2. The summed E-state index contributed by atoms with van der Waals surface area (Å²) in [4.78, 5) is 40.7. The van der Waals surface area contributed by atoms with Gasteiger partial charge in [0.15, 0.2) is 6.10 Å². The number of anilines is 1. The monoisotopic (exact) mass is 329 g/mol. The molecule has 0 saturated carbocycles. The minimum atomic E-state index is -0.885. The summed E-state index contributed by atoms with van der Waals surface area (Å²) < 4.78 is 5.27. The number of nitrogens with one attached hydrogen (secondary N) is 3. The Labute approximate surface area is 138 Å². The van der Waals surface area contributed by atoms with Gasteiger partial charge < -0.3 is 20.0 Å². The van der Waals surface area contributed by atoms with Crippen LogP contribution >= 0.6 is 0 Å². The largest absolute Gasteiger partial charge is 0.452 e. The summed E-state index contributed by atoms with van der Waals surface area (Å²) in [6, 6.07) is 5.00. The first-order valence-electron chi connectivity index (χ1n) is 7.91. The molecule has 1 aliphatic rings. The molecule has 1 aromatic carbocycles. The van der Waals surface area contributed by atoms with Gasteiger partial charge in [-0.2, -0.15) is 0 Å². The number of aromatic amines is 2. The summed E-state index contributed by atoms with van der Waals surface area (Å²) in [5.74, 6) is -0.925. The molecule has 0 aliphatic heterocycles. The number of H-pyrrole nitrogens is 2. The predicted molar refractivity (Wildman–Crippen MR) is 89.6 cm³/mol. The number of esters is 1. The van der Waals surface area contributed by atoms with E-state index in [9.17, 15) is 14.4 Å². The van der Waals surface area contributed by atoms with E-state index in [1.165, 1.54) is 0 Å². The Bertz CT molecular complexity index is 849. The van der Waals surface area contributed by atoms with Gasteiger partial charge in [0.25, 0.3) is 5.91 Å². The molecule has 0 fully saturated rings. The van der Waals surface area contributed by atoms with Crippen LogP contribution in [0.2, 0.25) is 0 Å². The number of amides is 1. The second-order valence-corrected chi connectivity index (χ2v) is 5.89. The molecular weight excluding hydrogens is 310 g/mol. The average molecular weight is 329 g/mol. The number of carbonyl (C=O) groups is 2. The highest BCUT2D eigenvalue weighted by Gasteiger charge is 2.25. The van der Waals surface area contributed by atoms with Crippen molar-refractivity contribution in [3.8, 4) is 0 Å². The quantitative estimate of drug-likeness (QED) is 0.590. The number of hydrogen-bond donors (Lipinski definition) is 3. The minimum absolute atomic E-state index is 0.175. The van der Waals surface area contributed by atoms with Crippen molar-refractivity contribution in [1.29, 1.82) is 0 Å². The molecule has 0 saturated heterocycles. The lowest BCUT2D eigenvalue weighted by molar-refractivity contribution is -0.157. The highest BCUT2D eigenvalue weighted by atomic mass is 16.5. The van der Waals surface area contributed by atoms with Gasteiger partial charge in [0.1, 0.15) is 0 Å². The van der Waals surface area contributed by atoms with Crippen molar-refractivity contribution in [1.82, 2.24) is 9.97 Å². The molecule has 0 radical (unpaired) electrons. The second-order valence-electron chi connectivity index (χ2n) is 5.89. The molecule has 1 aliphatic carbocycles. The van der Waals surface area contributed by atoms with Crippen molar-refractivity contribution >= 4 is 28.6 Å². The van der Waals surface area contributed by atoms with E-state index in [-0.39, 0.29) is 17.6 Å². The van der Waals surface area contributed by atoms with Crippen LogP contribution in [0, 0.1) is 5.92 Å². The van der Waals surface area contributed by atoms with Gasteiger partial charge in [-0.3, -0.25) is 9.59 Å². The zero-order valence-electron chi connectivity index (χ0n) is 13.3. The summed E-state index contributed by atoms with van der Waals surface area (Å²) in [6.07, 6.45) is 5.39. The number of hydrogen-bond acceptors (Lipinski definition) is 4. The number of ether oxygens (including phenoxy) is 1. The van der Waals surface area contributed by atoms with Crippen LogP contribution in [0.4, 0.5) is 5.69 Å². The van der Waals surface area contributed by atoms with Crippen LogP contribution in [0.25, 0.3) is 11.0 Å². The van der Waals surface area contributed by atoms with Crippen LogP contribution in [-0.2, 0) is 14.3 Å². The number of aromatic nitrogens is 2. The van der Waals surface area contributed by atoms with Crippen molar-refractivity contribution in [2.24, 2.45) is 5.92 Å². The molecular formula is C17H19N3O4. The maximum Gasteiger partial charge on any atom is 0.323 e. The molecule has 0 unspecified atom stereocenters. The Hall–Kier alpha value is -2.83. The maximum atomic E-state index is 12.2. The van der Waals surface area contributed by atoms with Crippen LogP contribution < -0.4 is 11.0 Å². The third kappa shape index (κ3) is 3.56. The molecule has 24 heavy (non-hydrogen) atoms. The van der Waals surface area contributed by atoms with Gasteiger partial charge in [-0.1, -0.05) is 12.2 Å². The maximum absolute atomic E-state index is 12.2. The number of fused-ring (bicyclic) bond motifs is 1. The van der Waals surface area contributed by atoms with Crippen molar-refractivity contribution in [2.45, 2.75) is 32.3 Å². The third-order valence-electron chi connectivity index (χ3n) is 4.05. The summed E-state index contributed by atoms with van der Waals surface area (Å²) in [7, 11) is 0. The van der Waals surface area contributed by atoms with Crippen molar-refractivity contribution < 1.29 is 14.3 Å². The Balaban J connectivity index is 1.61. The minimum Gasteiger partial charge on any atom is -0.452 e. The SMILES string of the molecule is C[C@H](OC(=O)[C@@H]1CC=CCC1)C(=O)Nc1ccc2[nH]c(=O)[nH]c2c1. The van der Waals surface area contributed by atoms with E-state index in [1.54, 1.807) is 25.1 Å². The molecule has 1 amide bonds. The van der Waals surface area contributed by atoms with Crippen molar-refractivity contribution in [3.05, 3.63) is 40.8 Å². The number of allylic oxidation sites excluding steroid dienone is 2. The predicted octanol–water partition coefficient (Wildman–Crippen LogP) is 2.08. The van der Waals surface area contributed by atoms with Gasteiger partial charge in [0, 0.05) is 5.69 Å². The lowest BCUT2D eigenvalue weighted by Crippen LogP contribution is -2.32. The zero-order valence-corrected chi connectivity index (χ0v) is 13.3. The molecule has 2 atom stereocenters. The van der Waals surface area contributed by atoms with Crippen LogP contribution in [0.5, 0.6) is 0 Å². The molecule has 2 aromatic rings. The van der Waals surface area contributed by atoms with Gasteiger partial charge >= 0.3 is 11.7 Å². The highest BCUT2D eigenvalue weighted by Crippen LogP contribution is 2.20. The van der Waals surface area contributed by atoms with Gasteiger partial charge in [-0.15, -0.1) is 0 Å². The smallest absolute Gasteiger partial charge is 0.323 e. The first-order chi connectivity index (χ1) is 11.5. The molecule has 7 heteroatoms. The van der Waals surface area contributed by atoms with E-state index in [1.807, 2.05) is 12.2 Å². The van der Waals surface area contributed by atoms with Gasteiger partial charge in [-0.05, 0) is 44.4 Å². The first-order valence-corrected chi connectivity index (χ1v) is 7.91. The van der Waals surface area contributed by atoms with Crippen molar-refractivity contribution in [3.63, 3.8) is 0 Å². The second kappa shape index (κ2) is 6.74. The molecule has 3 N–H and O–H groups in total. The Morgan fingerprint density at radius 3 is 2.79 bits per heavy atom. The summed E-state index contributed by atoms with van der Waals surface area (Å²) >= 11 is 0. The first kappa shape index (κ1) is 16.0. The number of rotatable bonds is 4. The van der Waals surface area contributed by atoms with Gasteiger partial charge in [-0.25, -0.2) is 4.79 Å². The average Bonchev–Trinajstić information content (AvgIpc) is 2.94. The fourth-order valence-electron chi connectivity index (χ4n) is 2.69. The molecule has 1 aromatic heterocycles. The van der Waals surface area contributed by atoms with E-state index >= 15 is 0 Å². The Morgan fingerprint density at radius 1 is 1.25 bits per heavy atom. The third-order valence-corrected chi connectivity index (χ3v) is 4.05. The summed E-state index contributed by atoms with van der Waals surface area (Å²) in [6.45, 7) is 1.54. The summed E-state index contributed by atoms with van der Waals surface area (Å²) in [5, 5.41) is 2.69. The standard InChI is InChI=1S/C17H19N3O4/c1-10(24-16(22)11-5-3-2-4-6-11)15(21)18-12-7-8-13-14(9-12)20-17(23)19-13/h2-3,7-11H,4-6H2,1H3,(H,18,21)(H2,19,20,23)/t10-,11+/m0/s1. The van der Waals surface area contributed by atoms with Gasteiger partial charge in [0.2, 0.25) is 0 Å². The van der Waals surface area contributed by atoms with Crippen molar-refractivity contribution in [2.75, 3.05) is 5.32 Å². The Kier molecular flexibility index (Phi) is 4.50. The topological polar surface area (TPSA) is 104 Å².